The number of hydrogen-bond donors (Lipinski definition) is 3. The fraction of sp³-hybridized carbons (Fsp3) is 0.133. The number of benzene rings is 1. The number of carbonyl (C=O) groups is 1. The van der Waals surface area contributed by atoms with Crippen molar-refractivity contribution < 1.29 is 58.4 Å². The zero-order chi connectivity index (χ0) is 20.6. The Labute approximate surface area is 179 Å². The number of aryl methyl sites for hydroxylation is 1. The van der Waals surface area contributed by atoms with Crippen molar-refractivity contribution in [1.29, 1.82) is 0 Å². The molecule has 1 amide bonds. The fourth-order valence-electron chi connectivity index (χ4n) is 2.64. The number of sulfonamides is 1. The molecule has 0 radical (unpaired) electrons. The smallest absolute Gasteiger partial charge is 0.702 e. The van der Waals surface area contributed by atoms with Crippen LogP contribution in [-0.2, 0) is 45.3 Å². The van der Waals surface area contributed by atoms with E-state index < -0.39 is 45.0 Å². The van der Waals surface area contributed by atoms with Crippen LogP contribution in [0.4, 0.5) is 5.82 Å². The van der Waals surface area contributed by atoms with Crippen LogP contribution in [0.3, 0.4) is 0 Å². The number of aromatic nitrogens is 1. The molecule has 2 heterocycles. The molecular weight excluding hydrogens is 577 g/mol. The van der Waals surface area contributed by atoms with Gasteiger partial charge in [-0.15, -0.1) is 11.5 Å². The summed E-state index contributed by atoms with van der Waals surface area (Å²) in [6.45, 7) is 2.59. The molecule has 150 valence electrons. The van der Waals surface area contributed by atoms with Crippen LogP contribution in [0.15, 0.2) is 33.3 Å². The van der Waals surface area contributed by atoms with E-state index in [1.165, 1.54) is 6.07 Å². The number of nitrogens with one attached hydrogen (secondary N) is 1. The molecule has 0 saturated carbocycles. The number of carbonyl (C=O) groups excluding carboxylic acids is 2. The second-order valence-corrected chi connectivity index (χ2v) is 7.57. The van der Waals surface area contributed by atoms with Gasteiger partial charge in [0.25, 0.3) is 5.91 Å². The van der Waals surface area contributed by atoms with E-state index in [1.54, 1.807) is 6.92 Å². The monoisotopic (exact) mass is 589 g/mol. The molecule has 0 bridgehead atoms. The summed E-state index contributed by atoms with van der Waals surface area (Å²) >= 11 is 0. The minimum Gasteiger partial charge on any atom is -0.702 e. The van der Waals surface area contributed by atoms with Gasteiger partial charge < -0.3 is 29.4 Å². The minimum absolute atomic E-state index is 0. The molecule has 3 N–H and O–H groups in total. The maximum atomic E-state index is 12.8. The van der Waals surface area contributed by atoms with Gasteiger partial charge in [0.1, 0.15) is 11.5 Å². The molecule has 0 fully saturated rings. The zero-order valence-electron chi connectivity index (χ0n) is 14.9. The number of anilines is 1. The number of nitrogens with zero attached hydrogens (tertiary/aromatic N) is 2. The topological polar surface area (TPSA) is 159 Å². The summed E-state index contributed by atoms with van der Waals surface area (Å²) in [5.74, 6) is -1.39. The van der Waals surface area contributed by atoms with Crippen molar-refractivity contribution in [2.75, 3.05) is 12.4 Å². The van der Waals surface area contributed by atoms with Gasteiger partial charge in [0.2, 0.25) is 10.0 Å². The molecule has 3 rings (SSSR count). The Balaban J connectivity index is 0.00000300. The van der Waals surface area contributed by atoms with Gasteiger partial charge in [-0.2, -0.15) is 12.1 Å². The molecule has 1 aromatic carbocycles. The van der Waals surface area contributed by atoms with E-state index in [9.17, 15) is 28.1 Å². The number of rotatable bonds is 5. The number of likely N-dealkylation sites (N-methyl/N-ethyl adjacent to an activating group) is 1. The Bertz CT molecular complexity index is 1100. The van der Waals surface area contributed by atoms with E-state index >= 15 is 0 Å². The van der Waals surface area contributed by atoms with Crippen LogP contribution >= 0.6 is 0 Å². The molecule has 1 aromatic heterocycles. The minimum atomic E-state index is -4.28. The second kappa shape index (κ2) is 8.39. The molecule has 0 unspecified atom stereocenters. The number of hydrogen-bond acceptors (Lipinski definition) is 9. The SMILES string of the molecule is Cc1cc(NC(=O)C2=C(O)c3c(B(O)O[C-]=O)[c-]ccc3S(=O)(=O)N2C)no1.[W+2]. The second-order valence-electron chi connectivity index (χ2n) is 5.63. The zero-order valence-corrected chi connectivity index (χ0v) is 18.6. The molecule has 0 saturated heterocycles. The van der Waals surface area contributed by atoms with Gasteiger partial charge in [-0.1, -0.05) is 17.2 Å². The number of fused-ring (bicyclic) bond motifs is 1. The maximum absolute atomic E-state index is 12.8. The predicted octanol–water partition coefficient (Wildman–Crippen LogP) is -0.949. The van der Waals surface area contributed by atoms with Gasteiger partial charge >= 0.3 is 28.2 Å². The first-order valence-electron chi connectivity index (χ1n) is 7.61. The molecule has 0 spiro atoms. The molecule has 0 atom stereocenters. The van der Waals surface area contributed by atoms with Gasteiger partial charge in [0.05, 0.1) is 5.76 Å². The average molecular weight is 589 g/mol. The molecule has 29 heavy (non-hydrogen) atoms. The predicted molar refractivity (Wildman–Crippen MR) is 94.0 cm³/mol. The number of aliphatic hydroxyl groups excluding tert-OH is 1. The Morgan fingerprint density at radius 2 is 2.17 bits per heavy atom. The third-order valence-corrected chi connectivity index (χ3v) is 5.69. The van der Waals surface area contributed by atoms with Crippen LogP contribution in [0.1, 0.15) is 11.3 Å². The van der Waals surface area contributed by atoms with Gasteiger partial charge in [-0.05, 0) is 11.8 Å². The Morgan fingerprint density at radius 3 is 2.76 bits per heavy atom. The number of amides is 1. The van der Waals surface area contributed by atoms with Crippen LogP contribution in [-0.4, -0.2) is 54.6 Å². The normalized spacial score (nSPS) is 14.5. The standard InChI is InChI=1S/C15H12BN3O8S.W/c1-8-6-11(18-27-8)17-15(22)13-14(21)12-9(16(23)26-7-20)4-3-5-10(12)28(24,25)19(13)2;/h3,5-6,21,23H,1-2H3,(H,17,18,22);/q-2;+2. The van der Waals surface area contributed by atoms with Gasteiger partial charge in [0, 0.05) is 13.1 Å². The van der Waals surface area contributed by atoms with Crippen LogP contribution in [0.2, 0.25) is 0 Å². The summed E-state index contributed by atoms with van der Waals surface area (Å²) in [6.07, 6.45) is 0. The summed E-state index contributed by atoms with van der Waals surface area (Å²) < 4.78 is 35.3. The first-order valence-corrected chi connectivity index (χ1v) is 9.05. The Hall–Kier alpha value is -2.63. The molecule has 1 aliphatic heterocycles. The van der Waals surface area contributed by atoms with Crippen LogP contribution in [0.25, 0.3) is 5.76 Å². The summed E-state index contributed by atoms with van der Waals surface area (Å²) in [5, 5.41) is 26.4. The largest absolute Gasteiger partial charge is 2.00 e. The van der Waals surface area contributed by atoms with Crippen molar-refractivity contribution in [1.82, 2.24) is 9.46 Å². The fourth-order valence-corrected chi connectivity index (χ4v) is 4.05. The first kappa shape index (κ1) is 22.7. The summed E-state index contributed by atoms with van der Waals surface area (Å²) in [5.41, 5.74) is -1.43. The van der Waals surface area contributed by atoms with Crippen LogP contribution in [0.5, 0.6) is 0 Å². The van der Waals surface area contributed by atoms with Gasteiger partial charge in [0.15, 0.2) is 5.82 Å². The van der Waals surface area contributed by atoms with Crippen LogP contribution < -0.4 is 10.8 Å². The first-order chi connectivity index (χ1) is 13.2. The van der Waals surface area contributed by atoms with E-state index in [1.807, 2.05) is 0 Å². The quantitative estimate of drug-likeness (QED) is 0.296. The summed E-state index contributed by atoms with van der Waals surface area (Å²) in [4.78, 5) is 22.6. The average Bonchev–Trinajstić information content (AvgIpc) is 3.04. The van der Waals surface area contributed by atoms with Crippen molar-refractivity contribution in [3.05, 3.63) is 41.3 Å². The van der Waals surface area contributed by atoms with E-state index in [4.69, 9.17) is 4.52 Å². The molecule has 0 aliphatic carbocycles. The van der Waals surface area contributed by atoms with Crippen molar-refractivity contribution in [3.8, 4) is 0 Å². The molecule has 2 aromatic rings. The summed E-state index contributed by atoms with van der Waals surface area (Å²) in [7, 11) is -5.17. The van der Waals surface area contributed by atoms with Crippen molar-refractivity contribution in [3.63, 3.8) is 0 Å². The van der Waals surface area contributed by atoms with Gasteiger partial charge in [-0.25, -0.2) is 8.42 Å². The molecular formula is C15H12BN3O8SW. The molecule has 1 aliphatic rings. The molecule has 11 nitrogen and oxygen atoms in total. The molecule has 14 heteroatoms. The summed E-state index contributed by atoms with van der Waals surface area (Å²) in [6, 6.07) is 6.15. The van der Waals surface area contributed by atoms with Gasteiger partial charge in [-0.3, -0.25) is 9.10 Å². The third kappa shape index (κ3) is 3.93. The maximum Gasteiger partial charge on any atom is 2.00 e. The van der Waals surface area contributed by atoms with Crippen molar-refractivity contribution in [2.45, 2.75) is 11.8 Å². The van der Waals surface area contributed by atoms with Crippen molar-refractivity contribution in [2.24, 2.45) is 0 Å². The van der Waals surface area contributed by atoms with E-state index in [0.29, 0.717) is 10.1 Å². The van der Waals surface area contributed by atoms with E-state index in [0.717, 1.165) is 25.7 Å². The Morgan fingerprint density at radius 1 is 1.48 bits per heavy atom. The van der Waals surface area contributed by atoms with E-state index in [-0.39, 0.29) is 32.3 Å². The van der Waals surface area contributed by atoms with Crippen molar-refractivity contribution >= 4 is 46.6 Å². The van der Waals surface area contributed by atoms with E-state index in [2.05, 4.69) is 21.2 Å². The van der Waals surface area contributed by atoms with Crippen LogP contribution in [0, 0.1) is 13.0 Å². The Kier molecular flexibility index (Phi) is 6.56. The third-order valence-electron chi connectivity index (χ3n) is 3.90. The number of aliphatic hydroxyl groups is 1.